The van der Waals surface area contributed by atoms with Gasteiger partial charge in [-0.3, -0.25) is 14.2 Å². The first-order valence-corrected chi connectivity index (χ1v) is 8.85. The van der Waals surface area contributed by atoms with Crippen LogP contribution in [0.5, 0.6) is 0 Å². The van der Waals surface area contributed by atoms with E-state index in [1.807, 2.05) is 5.38 Å². The van der Waals surface area contributed by atoms with Gasteiger partial charge in [0.25, 0.3) is 5.56 Å². The van der Waals surface area contributed by atoms with Crippen LogP contribution in [0.2, 0.25) is 0 Å². The Morgan fingerprint density at radius 3 is 3.04 bits per heavy atom. The second-order valence-corrected chi connectivity index (χ2v) is 6.89. The molecule has 1 amide bonds. The lowest BCUT2D eigenvalue weighted by molar-refractivity contribution is -0.121. The lowest BCUT2D eigenvalue weighted by Gasteiger charge is -2.08. The zero-order valence-corrected chi connectivity index (χ0v) is 14.9. The molecule has 0 saturated carbocycles. The fourth-order valence-electron chi connectivity index (χ4n) is 2.24. The molecule has 0 aliphatic carbocycles. The molecule has 0 aliphatic heterocycles. The van der Waals surface area contributed by atoms with Gasteiger partial charge in [-0.15, -0.1) is 11.3 Å². The van der Waals surface area contributed by atoms with E-state index >= 15 is 0 Å². The number of carbonyl (C=O) groups is 1. The third-order valence-electron chi connectivity index (χ3n) is 3.51. The van der Waals surface area contributed by atoms with Crippen molar-refractivity contribution in [2.75, 3.05) is 0 Å². The number of aromatic nitrogens is 2. The van der Waals surface area contributed by atoms with E-state index in [1.165, 1.54) is 34.4 Å². The van der Waals surface area contributed by atoms with Crippen molar-refractivity contribution in [1.29, 1.82) is 0 Å². The Kier molecular flexibility index (Phi) is 5.06. The number of benzene rings is 1. The van der Waals surface area contributed by atoms with Gasteiger partial charge >= 0.3 is 0 Å². The zero-order chi connectivity index (χ0) is 17.1. The molecule has 0 aliphatic rings. The van der Waals surface area contributed by atoms with E-state index in [1.54, 1.807) is 12.1 Å². The molecule has 1 aromatic carbocycles. The molecule has 1 N–H and O–H groups in total. The molecular weight excluding hydrogens is 397 g/mol. The summed E-state index contributed by atoms with van der Waals surface area (Å²) >= 11 is 4.72. The maximum absolute atomic E-state index is 13.2. The predicted octanol–water partition coefficient (Wildman–Crippen LogP) is 3.07. The number of halogens is 2. The molecule has 0 spiro atoms. The quantitative estimate of drug-likeness (QED) is 0.703. The van der Waals surface area contributed by atoms with Crippen LogP contribution in [-0.2, 0) is 17.9 Å². The number of carbonyl (C=O) groups excluding carboxylic acids is 1. The first-order chi connectivity index (χ1) is 11.5. The number of nitrogens with zero attached hydrogens (tertiary/aromatic N) is 2. The van der Waals surface area contributed by atoms with Crippen LogP contribution >= 0.6 is 27.3 Å². The van der Waals surface area contributed by atoms with Crippen molar-refractivity contribution in [2.24, 2.45) is 0 Å². The molecule has 3 aromatic rings. The Bertz CT molecular complexity index is 954. The summed E-state index contributed by atoms with van der Waals surface area (Å²) in [6.07, 6.45) is 1.60. The molecule has 0 bridgehead atoms. The molecule has 8 heteroatoms. The highest BCUT2D eigenvalue weighted by atomic mass is 79.9. The summed E-state index contributed by atoms with van der Waals surface area (Å²) in [6, 6.07) is 6.03. The summed E-state index contributed by atoms with van der Waals surface area (Å²) in [4.78, 5) is 29.1. The third-order valence-corrected chi connectivity index (χ3v) is 5.11. The van der Waals surface area contributed by atoms with Crippen molar-refractivity contribution in [3.05, 3.63) is 62.2 Å². The van der Waals surface area contributed by atoms with E-state index < -0.39 is 0 Å². The van der Waals surface area contributed by atoms with Gasteiger partial charge in [0.2, 0.25) is 5.91 Å². The lowest BCUT2D eigenvalue weighted by atomic mass is 10.2. The number of fused-ring (bicyclic) bond motifs is 1. The Morgan fingerprint density at radius 2 is 2.21 bits per heavy atom. The van der Waals surface area contributed by atoms with Gasteiger partial charge in [0.1, 0.15) is 10.6 Å². The minimum absolute atomic E-state index is 0.143. The number of hydrogen-bond donors (Lipinski definition) is 1. The standard InChI is InChI=1S/C16H13BrFN3O2S/c17-13-2-1-11(18)7-10(13)8-19-14(22)3-5-21-9-20-15-12(16(21)23)4-6-24-15/h1-2,4,6-7,9H,3,5,8H2,(H,19,22). The fourth-order valence-corrected chi connectivity index (χ4v) is 3.35. The summed E-state index contributed by atoms with van der Waals surface area (Å²) in [5.74, 6) is -0.576. The summed E-state index contributed by atoms with van der Waals surface area (Å²) < 4.78 is 15.4. The highest BCUT2D eigenvalue weighted by Gasteiger charge is 2.08. The summed E-state index contributed by atoms with van der Waals surface area (Å²) in [5.41, 5.74) is 0.504. The Labute approximate surface area is 149 Å². The van der Waals surface area contributed by atoms with Crippen LogP contribution in [0.3, 0.4) is 0 Å². The molecule has 124 valence electrons. The summed E-state index contributed by atoms with van der Waals surface area (Å²) in [5, 5.41) is 5.09. The summed E-state index contributed by atoms with van der Waals surface area (Å²) in [6.45, 7) is 0.460. The van der Waals surface area contributed by atoms with Gasteiger partial charge in [-0.1, -0.05) is 15.9 Å². The number of amides is 1. The van der Waals surface area contributed by atoms with Crippen LogP contribution in [0.4, 0.5) is 4.39 Å². The maximum atomic E-state index is 13.2. The molecule has 24 heavy (non-hydrogen) atoms. The average Bonchev–Trinajstić information content (AvgIpc) is 3.04. The van der Waals surface area contributed by atoms with Gasteiger partial charge in [-0.25, -0.2) is 9.37 Å². The van der Waals surface area contributed by atoms with Crippen molar-refractivity contribution < 1.29 is 9.18 Å². The smallest absolute Gasteiger partial charge is 0.262 e. The van der Waals surface area contributed by atoms with Crippen molar-refractivity contribution in [3.63, 3.8) is 0 Å². The Morgan fingerprint density at radius 1 is 1.38 bits per heavy atom. The van der Waals surface area contributed by atoms with Gasteiger partial charge in [-0.05, 0) is 35.2 Å². The van der Waals surface area contributed by atoms with Crippen molar-refractivity contribution in [2.45, 2.75) is 19.5 Å². The fraction of sp³-hybridized carbons (Fsp3) is 0.188. The average molecular weight is 410 g/mol. The molecule has 0 unspecified atom stereocenters. The van der Waals surface area contributed by atoms with Crippen LogP contribution in [0, 0.1) is 5.82 Å². The number of aryl methyl sites for hydroxylation is 1. The van der Waals surface area contributed by atoms with Crippen LogP contribution < -0.4 is 10.9 Å². The van der Waals surface area contributed by atoms with E-state index in [9.17, 15) is 14.0 Å². The van der Waals surface area contributed by atoms with E-state index in [4.69, 9.17) is 0 Å². The highest BCUT2D eigenvalue weighted by molar-refractivity contribution is 9.10. The lowest BCUT2D eigenvalue weighted by Crippen LogP contribution is -2.27. The molecule has 0 radical (unpaired) electrons. The molecule has 0 atom stereocenters. The second kappa shape index (κ2) is 7.23. The van der Waals surface area contributed by atoms with Gasteiger partial charge in [0.05, 0.1) is 11.7 Å². The first kappa shape index (κ1) is 16.8. The van der Waals surface area contributed by atoms with Crippen LogP contribution in [-0.4, -0.2) is 15.5 Å². The monoisotopic (exact) mass is 409 g/mol. The molecular formula is C16H13BrFN3O2S. The number of thiophene rings is 1. The van der Waals surface area contributed by atoms with Crippen LogP contribution in [0.15, 0.2) is 45.2 Å². The van der Waals surface area contributed by atoms with Gasteiger partial charge in [0, 0.05) is 24.0 Å². The molecule has 3 rings (SSSR count). The van der Waals surface area contributed by atoms with Gasteiger partial charge in [-0.2, -0.15) is 0 Å². The largest absolute Gasteiger partial charge is 0.352 e. The minimum Gasteiger partial charge on any atom is -0.352 e. The van der Waals surface area contributed by atoms with E-state index in [2.05, 4.69) is 26.2 Å². The topological polar surface area (TPSA) is 64.0 Å². The molecule has 2 aromatic heterocycles. The predicted molar refractivity (Wildman–Crippen MR) is 94.4 cm³/mol. The molecule has 2 heterocycles. The van der Waals surface area contributed by atoms with Crippen molar-refractivity contribution in [3.8, 4) is 0 Å². The SMILES string of the molecule is O=C(CCn1cnc2sccc2c1=O)NCc1cc(F)ccc1Br. The number of hydrogen-bond acceptors (Lipinski definition) is 4. The molecule has 0 fully saturated rings. The van der Waals surface area contributed by atoms with Gasteiger partial charge in [0.15, 0.2) is 0 Å². The molecule has 0 saturated heterocycles. The van der Waals surface area contributed by atoms with E-state index in [0.717, 1.165) is 4.47 Å². The van der Waals surface area contributed by atoms with Crippen molar-refractivity contribution in [1.82, 2.24) is 14.9 Å². The zero-order valence-electron chi connectivity index (χ0n) is 12.5. The van der Waals surface area contributed by atoms with Crippen molar-refractivity contribution >= 4 is 43.4 Å². The van der Waals surface area contributed by atoms with E-state index in [0.29, 0.717) is 15.8 Å². The third kappa shape index (κ3) is 3.70. The number of nitrogens with one attached hydrogen (secondary N) is 1. The first-order valence-electron chi connectivity index (χ1n) is 7.18. The van der Waals surface area contributed by atoms with E-state index in [-0.39, 0.29) is 36.8 Å². The number of rotatable bonds is 5. The maximum Gasteiger partial charge on any atom is 0.262 e. The molecule has 5 nitrogen and oxygen atoms in total. The highest BCUT2D eigenvalue weighted by Crippen LogP contribution is 2.17. The second-order valence-electron chi connectivity index (χ2n) is 5.15. The van der Waals surface area contributed by atoms with Crippen LogP contribution in [0.25, 0.3) is 10.2 Å². The Hall–Kier alpha value is -2.06. The van der Waals surface area contributed by atoms with Gasteiger partial charge < -0.3 is 5.32 Å². The Balaban J connectivity index is 1.60. The summed E-state index contributed by atoms with van der Waals surface area (Å²) in [7, 11) is 0. The van der Waals surface area contributed by atoms with Crippen LogP contribution in [0.1, 0.15) is 12.0 Å². The normalized spacial score (nSPS) is 10.9. The minimum atomic E-state index is -0.357.